The number of hydrogen-bond acceptors (Lipinski definition) is 6. The smallest absolute Gasteiger partial charge is 0.335 e. The number of nitrogens with one attached hydrogen (secondary N) is 1. The van der Waals surface area contributed by atoms with Gasteiger partial charge in [-0.3, -0.25) is 9.52 Å². The lowest BCUT2D eigenvalue weighted by Gasteiger charge is -2.19. The zero-order chi connectivity index (χ0) is 22.6. The molecule has 9 nitrogen and oxygen atoms in total. The van der Waals surface area contributed by atoms with Gasteiger partial charge in [-0.15, -0.1) is 0 Å². The zero-order valence-corrected chi connectivity index (χ0v) is 18.1. The lowest BCUT2D eigenvalue weighted by Crippen LogP contribution is -2.24. The molecule has 31 heavy (non-hydrogen) atoms. The van der Waals surface area contributed by atoms with Crippen molar-refractivity contribution >= 4 is 33.3 Å². The highest BCUT2D eigenvalue weighted by Crippen LogP contribution is 2.34. The SMILES string of the molecule is CCCOc1ccc(C(=O)O)cc1NS(=O)(=O)c1cc(N2CCCC2=O)ccc1OC. The molecule has 2 aromatic carbocycles. The van der Waals surface area contributed by atoms with Crippen LogP contribution in [0.4, 0.5) is 11.4 Å². The van der Waals surface area contributed by atoms with Gasteiger partial charge in [0.25, 0.3) is 10.0 Å². The maximum absolute atomic E-state index is 13.2. The zero-order valence-electron chi connectivity index (χ0n) is 17.3. The molecule has 0 saturated carbocycles. The summed E-state index contributed by atoms with van der Waals surface area (Å²) in [5.74, 6) is -0.978. The van der Waals surface area contributed by atoms with Crippen LogP contribution < -0.4 is 19.1 Å². The first-order valence-corrected chi connectivity index (χ1v) is 11.3. The van der Waals surface area contributed by atoms with Crippen LogP contribution in [0.2, 0.25) is 0 Å². The van der Waals surface area contributed by atoms with Crippen molar-refractivity contribution in [3.05, 3.63) is 42.0 Å². The van der Waals surface area contributed by atoms with Gasteiger partial charge in [-0.1, -0.05) is 6.92 Å². The van der Waals surface area contributed by atoms with Crippen molar-refractivity contribution in [3.8, 4) is 11.5 Å². The number of methoxy groups -OCH3 is 1. The number of rotatable bonds is 9. The van der Waals surface area contributed by atoms with E-state index >= 15 is 0 Å². The van der Waals surface area contributed by atoms with Gasteiger partial charge in [-0.2, -0.15) is 0 Å². The molecule has 1 aliphatic heterocycles. The van der Waals surface area contributed by atoms with Gasteiger partial charge in [0.15, 0.2) is 0 Å². The second kappa shape index (κ2) is 9.25. The summed E-state index contributed by atoms with van der Waals surface area (Å²) in [6.45, 7) is 2.73. The Balaban J connectivity index is 2.02. The number of hydrogen-bond donors (Lipinski definition) is 2. The molecule has 1 aliphatic rings. The summed E-state index contributed by atoms with van der Waals surface area (Å²) in [6, 6.07) is 8.43. The highest BCUT2D eigenvalue weighted by Gasteiger charge is 2.27. The highest BCUT2D eigenvalue weighted by molar-refractivity contribution is 7.92. The second-order valence-corrected chi connectivity index (χ2v) is 8.60. The van der Waals surface area contributed by atoms with E-state index in [9.17, 15) is 23.1 Å². The van der Waals surface area contributed by atoms with Crippen LogP contribution in [-0.4, -0.2) is 45.7 Å². The normalized spacial score (nSPS) is 13.9. The number of carboxylic acid groups (broad SMARTS) is 1. The Kier molecular flexibility index (Phi) is 6.69. The fourth-order valence-electron chi connectivity index (χ4n) is 3.24. The summed E-state index contributed by atoms with van der Waals surface area (Å²) >= 11 is 0. The minimum atomic E-state index is -4.20. The highest BCUT2D eigenvalue weighted by atomic mass is 32.2. The largest absolute Gasteiger partial charge is 0.495 e. The van der Waals surface area contributed by atoms with Crippen molar-refractivity contribution in [2.45, 2.75) is 31.1 Å². The molecule has 1 fully saturated rings. The molecule has 0 aromatic heterocycles. The standard InChI is InChI=1S/C21H24N2O7S/c1-3-11-30-17-8-6-14(21(25)26)12-16(17)22-31(27,28)19-13-15(7-9-18(19)29-2)23-10-4-5-20(23)24/h6-9,12-13,22H,3-5,10-11H2,1-2H3,(H,25,26). The molecule has 3 rings (SSSR count). The maximum atomic E-state index is 13.2. The first-order chi connectivity index (χ1) is 14.8. The van der Waals surface area contributed by atoms with Crippen LogP contribution >= 0.6 is 0 Å². The van der Waals surface area contributed by atoms with Crippen LogP contribution in [0.15, 0.2) is 41.3 Å². The molecular weight excluding hydrogens is 424 g/mol. The third-order valence-corrected chi connectivity index (χ3v) is 6.14. The van der Waals surface area contributed by atoms with E-state index in [4.69, 9.17) is 9.47 Å². The van der Waals surface area contributed by atoms with E-state index < -0.39 is 16.0 Å². The van der Waals surface area contributed by atoms with E-state index in [0.717, 1.165) is 0 Å². The Bertz CT molecular complexity index is 1100. The van der Waals surface area contributed by atoms with Crippen molar-refractivity contribution in [1.82, 2.24) is 0 Å². The Morgan fingerprint density at radius 2 is 1.94 bits per heavy atom. The fourth-order valence-corrected chi connectivity index (χ4v) is 4.50. The van der Waals surface area contributed by atoms with Gasteiger partial charge in [-0.25, -0.2) is 13.2 Å². The topological polar surface area (TPSA) is 122 Å². The number of anilines is 2. The number of benzene rings is 2. The van der Waals surface area contributed by atoms with E-state index in [-0.39, 0.29) is 33.6 Å². The molecule has 1 saturated heterocycles. The van der Waals surface area contributed by atoms with E-state index in [0.29, 0.717) is 38.1 Å². The predicted molar refractivity (Wildman–Crippen MR) is 115 cm³/mol. The molecule has 1 heterocycles. The average molecular weight is 448 g/mol. The summed E-state index contributed by atoms with van der Waals surface area (Å²) in [6.07, 6.45) is 1.80. The van der Waals surface area contributed by atoms with Crippen LogP contribution in [0.3, 0.4) is 0 Å². The molecule has 0 bridgehead atoms. The van der Waals surface area contributed by atoms with E-state index in [1.54, 1.807) is 6.07 Å². The lowest BCUT2D eigenvalue weighted by atomic mass is 10.2. The van der Waals surface area contributed by atoms with E-state index in [1.807, 2.05) is 6.92 Å². The van der Waals surface area contributed by atoms with E-state index in [2.05, 4.69) is 4.72 Å². The molecule has 166 valence electrons. The van der Waals surface area contributed by atoms with Crippen molar-refractivity contribution < 1.29 is 32.6 Å². The van der Waals surface area contributed by atoms with Gasteiger partial charge in [0.2, 0.25) is 5.91 Å². The third-order valence-electron chi connectivity index (χ3n) is 4.75. The van der Waals surface area contributed by atoms with Gasteiger partial charge in [-0.05, 0) is 49.2 Å². The maximum Gasteiger partial charge on any atom is 0.335 e. The molecule has 0 atom stereocenters. The number of aromatic carboxylic acids is 1. The quantitative estimate of drug-likeness (QED) is 0.604. The Labute approximate surface area is 180 Å². The minimum Gasteiger partial charge on any atom is -0.495 e. The molecule has 0 spiro atoms. The van der Waals surface area contributed by atoms with Crippen molar-refractivity contribution in [2.24, 2.45) is 0 Å². The van der Waals surface area contributed by atoms with Crippen LogP contribution in [0.5, 0.6) is 11.5 Å². The van der Waals surface area contributed by atoms with Gasteiger partial charge in [0.05, 0.1) is 25.0 Å². The van der Waals surface area contributed by atoms with Crippen LogP contribution in [0.1, 0.15) is 36.5 Å². The Hall–Kier alpha value is -3.27. The minimum absolute atomic E-state index is 0.00180. The third kappa shape index (κ3) is 4.91. The summed E-state index contributed by atoms with van der Waals surface area (Å²) in [4.78, 5) is 24.8. The summed E-state index contributed by atoms with van der Waals surface area (Å²) < 4.78 is 39.7. The molecule has 10 heteroatoms. The number of sulfonamides is 1. The number of nitrogens with zero attached hydrogens (tertiary/aromatic N) is 1. The predicted octanol–water partition coefficient (Wildman–Crippen LogP) is 3.11. The number of carbonyl (C=O) groups excluding carboxylic acids is 1. The van der Waals surface area contributed by atoms with Gasteiger partial charge < -0.3 is 19.5 Å². The summed E-state index contributed by atoms with van der Waals surface area (Å²) in [7, 11) is -2.86. The summed E-state index contributed by atoms with van der Waals surface area (Å²) in [5.41, 5.74) is 0.355. The fraction of sp³-hybridized carbons (Fsp3) is 0.333. The lowest BCUT2D eigenvalue weighted by molar-refractivity contribution is -0.117. The molecule has 0 aliphatic carbocycles. The second-order valence-electron chi connectivity index (χ2n) is 6.95. The van der Waals surface area contributed by atoms with Crippen molar-refractivity contribution in [2.75, 3.05) is 29.9 Å². The van der Waals surface area contributed by atoms with Crippen molar-refractivity contribution in [3.63, 3.8) is 0 Å². The Morgan fingerprint density at radius 3 is 2.55 bits per heavy atom. The molecular formula is C21H24N2O7S. The number of carbonyl (C=O) groups is 2. The molecule has 0 radical (unpaired) electrons. The monoisotopic (exact) mass is 448 g/mol. The van der Waals surface area contributed by atoms with Gasteiger partial charge in [0, 0.05) is 18.7 Å². The van der Waals surface area contributed by atoms with E-state index in [1.165, 1.54) is 42.3 Å². The molecule has 2 aromatic rings. The van der Waals surface area contributed by atoms with Gasteiger partial charge in [0.1, 0.15) is 16.4 Å². The van der Waals surface area contributed by atoms with Crippen molar-refractivity contribution in [1.29, 1.82) is 0 Å². The molecule has 0 unspecified atom stereocenters. The number of ether oxygens (including phenoxy) is 2. The first-order valence-electron chi connectivity index (χ1n) is 9.78. The van der Waals surface area contributed by atoms with Crippen LogP contribution in [0.25, 0.3) is 0 Å². The molecule has 2 N–H and O–H groups in total. The number of amides is 1. The Morgan fingerprint density at radius 1 is 1.19 bits per heavy atom. The van der Waals surface area contributed by atoms with Crippen LogP contribution in [0, 0.1) is 0 Å². The summed E-state index contributed by atoms with van der Waals surface area (Å²) in [5, 5.41) is 9.28. The molecule has 1 amide bonds. The first kappa shape index (κ1) is 22.4. The van der Waals surface area contributed by atoms with Crippen LogP contribution in [-0.2, 0) is 14.8 Å². The average Bonchev–Trinajstić information content (AvgIpc) is 3.17. The van der Waals surface area contributed by atoms with Gasteiger partial charge >= 0.3 is 5.97 Å². The number of carboxylic acids is 1.